The second-order valence-corrected chi connectivity index (χ2v) is 7.71. The van der Waals surface area contributed by atoms with E-state index in [2.05, 4.69) is 53.7 Å². The van der Waals surface area contributed by atoms with Gasteiger partial charge in [-0.05, 0) is 44.9 Å². The second kappa shape index (κ2) is 6.91. The summed E-state index contributed by atoms with van der Waals surface area (Å²) in [6.45, 7) is 11.1. The molecule has 0 fully saturated rings. The normalized spacial score (nSPS) is 20.8. The molecule has 1 unspecified atom stereocenters. The Hall–Kier alpha value is -2.08. The number of aromatic nitrogens is 3. The van der Waals surface area contributed by atoms with Gasteiger partial charge < -0.3 is 9.47 Å². The third-order valence-corrected chi connectivity index (χ3v) is 5.80. The van der Waals surface area contributed by atoms with Gasteiger partial charge >= 0.3 is 0 Å². The molecule has 140 valence electrons. The molecule has 6 nitrogen and oxygen atoms in total. The van der Waals surface area contributed by atoms with Crippen molar-refractivity contribution in [1.29, 1.82) is 0 Å². The molecule has 2 aliphatic heterocycles. The minimum Gasteiger partial charge on any atom is -0.348 e. The first-order chi connectivity index (χ1) is 12.6. The number of nitrogens with zero attached hydrogens (tertiary/aromatic N) is 5. The van der Waals surface area contributed by atoms with Gasteiger partial charge in [0.15, 0.2) is 5.69 Å². The van der Waals surface area contributed by atoms with E-state index in [9.17, 15) is 4.79 Å². The summed E-state index contributed by atoms with van der Waals surface area (Å²) in [6, 6.07) is 6.88. The molecule has 2 aliphatic rings. The summed E-state index contributed by atoms with van der Waals surface area (Å²) in [4.78, 5) is 17.7. The van der Waals surface area contributed by atoms with Crippen molar-refractivity contribution >= 4 is 5.91 Å². The maximum atomic E-state index is 13.2. The third kappa shape index (κ3) is 2.96. The highest BCUT2D eigenvalue weighted by Gasteiger charge is 2.32. The summed E-state index contributed by atoms with van der Waals surface area (Å²) in [5.41, 5.74) is 3.00. The lowest BCUT2D eigenvalue weighted by Gasteiger charge is -2.36. The summed E-state index contributed by atoms with van der Waals surface area (Å²) in [7, 11) is 0. The molecule has 0 bridgehead atoms. The Bertz CT molecular complexity index is 790. The molecule has 0 N–H and O–H groups in total. The van der Waals surface area contributed by atoms with Crippen molar-refractivity contribution in [2.24, 2.45) is 0 Å². The molecule has 6 heteroatoms. The first kappa shape index (κ1) is 17.3. The van der Waals surface area contributed by atoms with E-state index in [1.54, 1.807) is 0 Å². The zero-order chi connectivity index (χ0) is 18.3. The molecular weight excluding hydrogens is 326 g/mol. The summed E-state index contributed by atoms with van der Waals surface area (Å²) < 4.78 is 4.31. The first-order valence-corrected chi connectivity index (χ1v) is 9.85. The number of aryl methyl sites for hydroxylation is 1. The van der Waals surface area contributed by atoms with Crippen LogP contribution in [-0.2, 0) is 19.6 Å². The zero-order valence-electron chi connectivity index (χ0n) is 16.1. The predicted molar refractivity (Wildman–Crippen MR) is 101 cm³/mol. The van der Waals surface area contributed by atoms with Gasteiger partial charge in [-0.15, -0.1) is 0 Å². The highest BCUT2D eigenvalue weighted by Crippen LogP contribution is 2.30. The molecule has 1 amide bonds. The van der Waals surface area contributed by atoms with E-state index in [0.29, 0.717) is 11.7 Å². The number of fused-ring (bicyclic) bond motifs is 2. The average Bonchev–Trinajstić information content (AvgIpc) is 3.22. The molecule has 2 aromatic rings. The maximum Gasteiger partial charge on any atom is 0.274 e. The minimum atomic E-state index is 0.0703. The lowest BCUT2D eigenvalue weighted by molar-refractivity contribution is 0.0610. The van der Waals surface area contributed by atoms with Crippen molar-refractivity contribution in [3.63, 3.8) is 0 Å². The molecule has 0 aliphatic carbocycles. The smallest absolute Gasteiger partial charge is 0.274 e. The Labute approximate surface area is 155 Å². The molecule has 26 heavy (non-hydrogen) atoms. The van der Waals surface area contributed by atoms with Gasteiger partial charge in [0.2, 0.25) is 0 Å². The molecular formula is C20H29N5O. The zero-order valence-corrected chi connectivity index (χ0v) is 16.1. The molecule has 1 atom stereocenters. The number of carbonyl (C=O) groups is 1. The van der Waals surface area contributed by atoms with Crippen LogP contribution in [0.15, 0.2) is 24.4 Å². The Balaban J connectivity index is 1.59. The van der Waals surface area contributed by atoms with Gasteiger partial charge in [-0.2, -0.15) is 5.10 Å². The van der Waals surface area contributed by atoms with E-state index in [1.807, 2.05) is 15.6 Å². The Kier molecular flexibility index (Phi) is 4.61. The van der Waals surface area contributed by atoms with Crippen LogP contribution in [0.1, 0.15) is 61.5 Å². The Morgan fingerprint density at radius 3 is 2.88 bits per heavy atom. The van der Waals surface area contributed by atoms with Gasteiger partial charge in [0.1, 0.15) is 0 Å². The highest BCUT2D eigenvalue weighted by atomic mass is 16.2. The number of hydrogen-bond donors (Lipinski definition) is 0. The highest BCUT2D eigenvalue weighted by molar-refractivity contribution is 5.92. The number of carbonyl (C=O) groups excluding carboxylic acids is 1. The fourth-order valence-electron chi connectivity index (χ4n) is 4.32. The first-order valence-electron chi connectivity index (χ1n) is 9.85. The minimum absolute atomic E-state index is 0.0703. The fraction of sp³-hybridized carbons (Fsp3) is 0.600. The molecule has 0 saturated carbocycles. The van der Waals surface area contributed by atoms with Crippen molar-refractivity contribution in [3.05, 3.63) is 41.5 Å². The molecule has 4 heterocycles. The van der Waals surface area contributed by atoms with Crippen LogP contribution in [0.3, 0.4) is 0 Å². The third-order valence-electron chi connectivity index (χ3n) is 5.80. The van der Waals surface area contributed by atoms with Gasteiger partial charge in [-0.3, -0.25) is 14.4 Å². The van der Waals surface area contributed by atoms with Crippen molar-refractivity contribution in [2.45, 2.75) is 65.3 Å². The van der Waals surface area contributed by atoms with E-state index >= 15 is 0 Å². The Morgan fingerprint density at radius 2 is 2.12 bits per heavy atom. The Morgan fingerprint density at radius 1 is 1.27 bits per heavy atom. The van der Waals surface area contributed by atoms with Crippen LogP contribution in [0.4, 0.5) is 0 Å². The van der Waals surface area contributed by atoms with Crippen LogP contribution >= 0.6 is 0 Å². The average molecular weight is 355 g/mol. The van der Waals surface area contributed by atoms with E-state index < -0.39 is 0 Å². The van der Waals surface area contributed by atoms with Gasteiger partial charge in [0.25, 0.3) is 5.91 Å². The number of rotatable bonds is 3. The lowest BCUT2D eigenvalue weighted by Crippen LogP contribution is -2.41. The summed E-state index contributed by atoms with van der Waals surface area (Å²) >= 11 is 0. The van der Waals surface area contributed by atoms with Crippen LogP contribution in [-0.4, -0.2) is 49.2 Å². The van der Waals surface area contributed by atoms with Gasteiger partial charge in [0, 0.05) is 50.7 Å². The lowest BCUT2D eigenvalue weighted by atomic mass is 10.1. The van der Waals surface area contributed by atoms with Crippen molar-refractivity contribution in [1.82, 2.24) is 24.1 Å². The fourth-order valence-corrected chi connectivity index (χ4v) is 4.32. The van der Waals surface area contributed by atoms with Gasteiger partial charge in [-0.25, -0.2) is 0 Å². The summed E-state index contributed by atoms with van der Waals surface area (Å²) in [6.07, 6.45) is 4.11. The van der Waals surface area contributed by atoms with Crippen LogP contribution in [0.2, 0.25) is 0 Å². The van der Waals surface area contributed by atoms with Crippen LogP contribution < -0.4 is 0 Å². The summed E-state index contributed by atoms with van der Waals surface area (Å²) in [5.74, 6) is 0.0703. The van der Waals surface area contributed by atoms with Crippen LogP contribution in [0.5, 0.6) is 0 Å². The van der Waals surface area contributed by atoms with Crippen molar-refractivity contribution in [3.8, 4) is 0 Å². The van der Waals surface area contributed by atoms with E-state index in [0.717, 1.165) is 51.3 Å². The molecule has 0 radical (unpaired) electrons. The van der Waals surface area contributed by atoms with E-state index in [-0.39, 0.29) is 11.9 Å². The second-order valence-electron chi connectivity index (χ2n) is 7.71. The van der Waals surface area contributed by atoms with E-state index in [1.165, 1.54) is 5.69 Å². The molecule has 2 aromatic heterocycles. The molecule has 0 aromatic carbocycles. The molecule has 4 rings (SSSR count). The van der Waals surface area contributed by atoms with Crippen LogP contribution in [0, 0.1) is 0 Å². The largest absolute Gasteiger partial charge is 0.348 e. The number of amides is 1. The predicted octanol–water partition coefficient (Wildman–Crippen LogP) is 2.91. The summed E-state index contributed by atoms with van der Waals surface area (Å²) in [5, 5.41) is 4.68. The van der Waals surface area contributed by atoms with Crippen molar-refractivity contribution < 1.29 is 4.79 Å². The quantitative estimate of drug-likeness (QED) is 0.850. The number of hydrogen-bond acceptors (Lipinski definition) is 3. The maximum absolute atomic E-state index is 13.2. The molecule has 0 saturated heterocycles. The topological polar surface area (TPSA) is 46.3 Å². The van der Waals surface area contributed by atoms with Gasteiger partial charge in [-0.1, -0.05) is 6.92 Å². The molecule has 0 spiro atoms. The van der Waals surface area contributed by atoms with Gasteiger partial charge in [0.05, 0.1) is 11.7 Å². The van der Waals surface area contributed by atoms with E-state index in [4.69, 9.17) is 0 Å². The van der Waals surface area contributed by atoms with Crippen molar-refractivity contribution in [2.75, 3.05) is 13.1 Å². The standard InChI is InChI=1S/C20H29N5O/c1-4-18-19-7-5-8-22(19)11-12-24(18)20(26)17-13-16-14-23(15(2)3)9-6-10-25(16)21-17/h5,7-8,13,15,18H,4,6,9-12,14H2,1-3H3. The SMILES string of the molecule is CCC1c2cccn2CCN1C(=O)c1cc2n(n1)CCCN(C(C)C)C2. The monoisotopic (exact) mass is 355 g/mol. The van der Waals surface area contributed by atoms with Crippen LogP contribution in [0.25, 0.3) is 0 Å².